The molecule has 0 spiro atoms. The molecule has 2 nitrogen and oxygen atoms in total. The highest BCUT2D eigenvalue weighted by Gasteiger charge is 2.32. The fourth-order valence-electron chi connectivity index (χ4n) is 2.45. The van der Waals surface area contributed by atoms with Crippen LogP contribution < -0.4 is 5.32 Å². The van der Waals surface area contributed by atoms with Crippen molar-refractivity contribution in [3.05, 3.63) is 12.7 Å². The Morgan fingerprint density at radius 3 is 2.44 bits per heavy atom. The van der Waals surface area contributed by atoms with Crippen LogP contribution in [0.5, 0.6) is 0 Å². The second-order valence-electron chi connectivity index (χ2n) is 5.62. The van der Waals surface area contributed by atoms with E-state index in [0.717, 1.165) is 25.8 Å². The number of ketones is 1. The van der Waals surface area contributed by atoms with Crippen LogP contribution in [0.2, 0.25) is 0 Å². The average molecular weight is 255 g/mol. The molecule has 0 radical (unpaired) electrons. The van der Waals surface area contributed by atoms with E-state index < -0.39 is 0 Å². The monoisotopic (exact) mass is 255 g/mol. The smallest absolute Gasteiger partial charge is 0.155 e. The molecular weight excluding hydrogens is 222 g/mol. The Bertz CT molecular complexity index is 253. The molecule has 0 bridgehead atoms. The summed E-state index contributed by atoms with van der Waals surface area (Å²) < 4.78 is 0. The lowest BCUT2D eigenvalue weighted by molar-refractivity contribution is -0.128. The Balaban J connectivity index is 0. The average Bonchev–Trinajstić information content (AvgIpc) is 2.33. The molecule has 0 aliphatic heterocycles. The summed E-state index contributed by atoms with van der Waals surface area (Å²) in [6.07, 6.45) is 8.83. The molecule has 0 aliphatic rings. The normalized spacial score (nSPS) is 14.5. The molecule has 0 rings (SSSR count). The Morgan fingerprint density at radius 1 is 1.33 bits per heavy atom. The van der Waals surface area contributed by atoms with Crippen LogP contribution in [0, 0.1) is 5.92 Å². The van der Waals surface area contributed by atoms with Crippen LogP contribution >= 0.6 is 0 Å². The Hall–Kier alpha value is -0.630. The predicted octanol–water partition coefficient (Wildman–Crippen LogP) is 4.35. The molecule has 0 aromatic rings. The van der Waals surface area contributed by atoms with Crippen molar-refractivity contribution in [1.29, 1.82) is 0 Å². The SMILES string of the molecule is C=CCCCCCC[C@](C)(NCC)C(=O)C(C)C.[HH]. The molecule has 108 valence electrons. The standard InChI is InChI=1S/C16H31NO.H2/c1-6-8-9-10-11-12-13-16(5,17-7-2)15(18)14(3)4;/h6,14,17H,1,7-13H2,2-5H3;1H/t16-;/m0./s1. The summed E-state index contributed by atoms with van der Waals surface area (Å²) in [5.41, 5.74) is -0.332. The molecule has 0 unspecified atom stereocenters. The maximum atomic E-state index is 12.2. The van der Waals surface area contributed by atoms with Gasteiger partial charge in [-0.15, -0.1) is 6.58 Å². The lowest BCUT2D eigenvalue weighted by atomic mass is 9.84. The number of allylic oxidation sites excluding steroid dienone is 1. The first-order valence-corrected chi connectivity index (χ1v) is 7.38. The molecule has 1 atom stereocenters. The molecular formula is C16H33NO. The van der Waals surface area contributed by atoms with Crippen molar-refractivity contribution in [2.45, 2.75) is 71.8 Å². The zero-order valence-electron chi connectivity index (χ0n) is 12.7. The molecule has 0 saturated carbocycles. The number of nitrogens with one attached hydrogen (secondary N) is 1. The summed E-state index contributed by atoms with van der Waals surface area (Å²) >= 11 is 0. The molecule has 0 aromatic heterocycles. The van der Waals surface area contributed by atoms with Crippen LogP contribution in [0.4, 0.5) is 0 Å². The third-order valence-electron chi connectivity index (χ3n) is 3.47. The van der Waals surface area contributed by atoms with Gasteiger partial charge >= 0.3 is 0 Å². The van der Waals surface area contributed by atoms with Gasteiger partial charge in [-0.05, 0) is 32.7 Å². The van der Waals surface area contributed by atoms with E-state index in [2.05, 4.69) is 25.7 Å². The van der Waals surface area contributed by atoms with Crippen molar-refractivity contribution in [1.82, 2.24) is 5.32 Å². The molecule has 0 amide bonds. The summed E-state index contributed by atoms with van der Waals surface area (Å²) in [5, 5.41) is 3.38. The van der Waals surface area contributed by atoms with Gasteiger partial charge in [-0.1, -0.05) is 46.1 Å². The highest BCUT2D eigenvalue weighted by atomic mass is 16.1. The van der Waals surface area contributed by atoms with Gasteiger partial charge in [0.05, 0.1) is 5.54 Å². The molecule has 18 heavy (non-hydrogen) atoms. The number of carbonyl (C=O) groups is 1. The zero-order valence-corrected chi connectivity index (χ0v) is 12.7. The lowest BCUT2D eigenvalue weighted by Crippen LogP contribution is -2.51. The third-order valence-corrected chi connectivity index (χ3v) is 3.47. The van der Waals surface area contributed by atoms with Crippen molar-refractivity contribution < 1.29 is 6.22 Å². The van der Waals surface area contributed by atoms with Crippen LogP contribution in [-0.2, 0) is 4.79 Å². The minimum absolute atomic E-state index is 0. The lowest BCUT2D eigenvalue weighted by Gasteiger charge is -2.31. The summed E-state index contributed by atoms with van der Waals surface area (Å²) in [5.74, 6) is 0.449. The number of hydrogen-bond donors (Lipinski definition) is 1. The van der Waals surface area contributed by atoms with E-state index in [1.165, 1.54) is 19.3 Å². The van der Waals surface area contributed by atoms with E-state index in [1.807, 2.05) is 19.9 Å². The van der Waals surface area contributed by atoms with Gasteiger partial charge < -0.3 is 5.32 Å². The first-order valence-electron chi connectivity index (χ1n) is 7.38. The highest BCUT2D eigenvalue weighted by Crippen LogP contribution is 2.20. The van der Waals surface area contributed by atoms with E-state index in [4.69, 9.17) is 0 Å². The zero-order chi connectivity index (χ0) is 14.0. The summed E-state index contributed by atoms with van der Waals surface area (Å²) in [7, 11) is 0. The summed E-state index contributed by atoms with van der Waals surface area (Å²) in [6.45, 7) is 12.7. The van der Waals surface area contributed by atoms with Gasteiger partial charge in [0.2, 0.25) is 0 Å². The van der Waals surface area contributed by atoms with Crippen molar-refractivity contribution >= 4 is 5.78 Å². The largest absolute Gasteiger partial charge is 0.305 e. The fourth-order valence-corrected chi connectivity index (χ4v) is 2.45. The van der Waals surface area contributed by atoms with Gasteiger partial charge in [0.1, 0.15) is 0 Å². The summed E-state index contributed by atoms with van der Waals surface area (Å²) in [6, 6.07) is 0. The Morgan fingerprint density at radius 2 is 1.94 bits per heavy atom. The van der Waals surface area contributed by atoms with Crippen LogP contribution in [0.15, 0.2) is 12.7 Å². The van der Waals surface area contributed by atoms with Gasteiger partial charge in [-0.3, -0.25) is 4.79 Å². The van der Waals surface area contributed by atoms with E-state index in [9.17, 15) is 4.79 Å². The molecule has 0 heterocycles. The molecule has 0 fully saturated rings. The quantitative estimate of drug-likeness (QED) is 0.439. The van der Waals surface area contributed by atoms with Crippen molar-refractivity contribution in [3.63, 3.8) is 0 Å². The maximum absolute atomic E-state index is 12.2. The second-order valence-corrected chi connectivity index (χ2v) is 5.62. The number of rotatable bonds is 11. The number of Topliss-reactive ketones (excluding diaryl/α,β-unsaturated/α-hetero) is 1. The highest BCUT2D eigenvalue weighted by molar-refractivity contribution is 5.89. The number of carbonyl (C=O) groups excluding carboxylic acids is 1. The van der Waals surface area contributed by atoms with Crippen molar-refractivity contribution in [2.75, 3.05) is 6.54 Å². The van der Waals surface area contributed by atoms with E-state index in [-0.39, 0.29) is 12.9 Å². The number of likely N-dealkylation sites (N-methyl/N-ethyl adjacent to an activating group) is 1. The van der Waals surface area contributed by atoms with Crippen molar-refractivity contribution in [3.8, 4) is 0 Å². The van der Waals surface area contributed by atoms with E-state index in [0.29, 0.717) is 5.78 Å². The topological polar surface area (TPSA) is 29.1 Å². The fraction of sp³-hybridized carbons (Fsp3) is 0.812. The molecule has 0 aromatic carbocycles. The maximum Gasteiger partial charge on any atom is 0.155 e. The van der Waals surface area contributed by atoms with Crippen LogP contribution in [0.1, 0.15) is 67.6 Å². The Labute approximate surface area is 115 Å². The van der Waals surface area contributed by atoms with Gasteiger partial charge in [-0.2, -0.15) is 0 Å². The molecule has 0 saturated heterocycles. The molecule has 2 heteroatoms. The number of hydrogen-bond acceptors (Lipinski definition) is 2. The van der Waals surface area contributed by atoms with Crippen LogP contribution in [-0.4, -0.2) is 17.9 Å². The van der Waals surface area contributed by atoms with Gasteiger partial charge in [0.25, 0.3) is 0 Å². The minimum atomic E-state index is -0.332. The van der Waals surface area contributed by atoms with Crippen molar-refractivity contribution in [2.24, 2.45) is 5.92 Å². The predicted molar refractivity (Wildman–Crippen MR) is 81.9 cm³/mol. The summed E-state index contributed by atoms with van der Waals surface area (Å²) in [4.78, 5) is 12.2. The van der Waals surface area contributed by atoms with Gasteiger partial charge in [0, 0.05) is 7.34 Å². The minimum Gasteiger partial charge on any atom is -0.305 e. The van der Waals surface area contributed by atoms with Crippen LogP contribution in [0.3, 0.4) is 0 Å². The first-order chi connectivity index (χ1) is 8.48. The number of unbranched alkanes of at least 4 members (excludes halogenated alkanes) is 4. The second kappa shape index (κ2) is 9.32. The van der Waals surface area contributed by atoms with E-state index >= 15 is 0 Å². The van der Waals surface area contributed by atoms with E-state index in [1.54, 1.807) is 0 Å². The molecule has 0 aliphatic carbocycles. The Kier molecular flexibility index (Phi) is 8.99. The third kappa shape index (κ3) is 6.34. The van der Waals surface area contributed by atoms with Gasteiger partial charge in [-0.25, -0.2) is 0 Å². The van der Waals surface area contributed by atoms with Crippen LogP contribution in [0.25, 0.3) is 0 Å². The van der Waals surface area contributed by atoms with Gasteiger partial charge in [0.15, 0.2) is 5.78 Å². The molecule has 1 N–H and O–H groups in total. The first kappa shape index (κ1) is 17.4.